The van der Waals surface area contributed by atoms with Crippen molar-refractivity contribution < 1.29 is 4.74 Å². The second-order valence-corrected chi connectivity index (χ2v) is 10.8. The fourth-order valence-electron chi connectivity index (χ4n) is 5.16. The molecule has 0 aliphatic heterocycles. The van der Waals surface area contributed by atoms with Gasteiger partial charge in [-0.25, -0.2) is 15.0 Å². The minimum absolute atomic E-state index is 0.530. The molecule has 43 heavy (non-hydrogen) atoms. The molecule has 1 N–H and O–H groups in total. The number of anilines is 2. The van der Waals surface area contributed by atoms with E-state index in [4.69, 9.17) is 14.7 Å². The van der Waals surface area contributed by atoms with Gasteiger partial charge in [0.2, 0.25) is 5.95 Å². The zero-order valence-corrected chi connectivity index (χ0v) is 24.9. The van der Waals surface area contributed by atoms with Gasteiger partial charge >= 0.3 is 0 Å². The molecule has 6 rings (SSSR count). The predicted molar refractivity (Wildman–Crippen MR) is 174 cm³/mol. The highest BCUT2D eigenvalue weighted by Gasteiger charge is 2.19. The highest BCUT2D eigenvalue weighted by atomic mass is 16.5. The van der Waals surface area contributed by atoms with Crippen molar-refractivity contribution in [3.8, 4) is 28.4 Å². The molecule has 0 spiro atoms. The average Bonchev–Trinajstić information content (AvgIpc) is 3.43. The largest absolute Gasteiger partial charge is 0.489 e. The number of pyridine rings is 1. The third kappa shape index (κ3) is 6.58. The number of hydrogen-bond donors (Lipinski definition) is 1. The molecule has 0 fully saturated rings. The van der Waals surface area contributed by atoms with Gasteiger partial charge < -0.3 is 15.0 Å². The van der Waals surface area contributed by atoms with Crippen LogP contribution in [0.3, 0.4) is 0 Å². The molecule has 3 aromatic heterocycles. The van der Waals surface area contributed by atoms with E-state index in [-0.39, 0.29) is 0 Å². The van der Waals surface area contributed by atoms with Crippen molar-refractivity contribution in [2.75, 3.05) is 26.0 Å². The second kappa shape index (κ2) is 12.9. The maximum absolute atomic E-state index is 6.23. The number of nitrogens with one attached hydrogen (secondary N) is 1. The molecule has 0 radical (unpaired) electrons. The van der Waals surface area contributed by atoms with Crippen LogP contribution in [-0.4, -0.2) is 44.9 Å². The highest BCUT2D eigenvalue weighted by molar-refractivity contribution is 5.81. The topological polar surface area (TPSA) is 67.6 Å². The number of imidazole rings is 1. The van der Waals surface area contributed by atoms with Crippen molar-refractivity contribution >= 4 is 17.3 Å². The first-order chi connectivity index (χ1) is 21.1. The maximum atomic E-state index is 6.23. The number of benzene rings is 3. The van der Waals surface area contributed by atoms with Crippen LogP contribution >= 0.6 is 0 Å². The quantitative estimate of drug-likeness (QED) is 0.175. The molecule has 7 nitrogen and oxygen atoms in total. The van der Waals surface area contributed by atoms with Crippen molar-refractivity contribution in [2.24, 2.45) is 0 Å². The molecule has 6 aromatic rings. The Labute approximate surface area is 252 Å². The molecule has 7 heteroatoms. The summed E-state index contributed by atoms with van der Waals surface area (Å²) in [6.45, 7) is 3.67. The van der Waals surface area contributed by atoms with Gasteiger partial charge in [-0.2, -0.15) is 0 Å². The third-order valence-electron chi connectivity index (χ3n) is 7.41. The molecule has 0 unspecified atom stereocenters. The van der Waals surface area contributed by atoms with Gasteiger partial charge in [0.15, 0.2) is 0 Å². The van der Waals surface area contributed by atoms with Crippen LogP contribution in [0.5, 0.6) is 5.75 Å². The van der Waals surface area contributed by atoms with Crippen LogP contribution in [-0.2, 0) is 19.4 Å². The Morgan fingerprint density at radius 3 is 2.51 bits per heavy atom. The van der Waals surface area contributed by atoms with Gasteiger partial charge in [-0.3, -0.25) is 4.40 Å². The SMILES string of the molecule is CCc1cc(-c2nc3ccccn3c2-c2ccnc(Nc3cccc(CCN(C)C)c3)n2)ccc1OCc1ccccc1. The number of ether oxygens (including phenoxy) is 1. The Balaban J connectivity index is 1.33. The van der Waals surface area contributed by atoms with E-state index in [0.717, 1.165) is 70.2 Å². The summed E-state index contributed by atoms with van der Waals surface area (Å²) < 4.78 is 8.32. The van der Waals surface area contributed by atoms with Gasteiger partial charge in [0.1, 0.15) is 18.0 Å². The summed E-state index contributed by atoms with van der Waals surface area (Å²) in [4.78, 5) is 16.7. The summed E-state index contributed by atoms with van der Waals surface area (Å²) in [7, 11) is 4.18. The van der Waals surface area contributed by atoms with Gasteiger partial charge in [-0.15, -0.1) is 0 Å². The Hall–Kier alpha value is -5.01. The zero-order valence-electron chi connectivity index (χ0n) is 24.9. The molecular formula is C36H36N6O. The molecule has 0 aliphatic carbocycles. The van der Waals surface area contributed by atoms with E-state index in [0.29, 0.717) is 12.6 Å². The number of likely N-dealkylation sites (N-methyl/N-ethyl adjacent to an activating group) is 1. The summed E-state index contributed by atoms with van der Waals surface area (Å²) in [6, 6.07) is 33.0. The molecule has 0 aliphatic rings. The van der Waals surface area contributed by atoms with Crippen LogP contribution in [0, 0.1) is 0 Å². The Morgan fingerprint density at radius 2 is 1.67 bits per heavy atom. The molecule has 0 bridgehead atoms. The highest BCUT2D eigenvalue weighted by Crippen LogP contribution is 2.35. The van der Waals surface area contributed by atoms with Gasteiger partial charge in [0.05, 0.1) is 17.1 Å². The normalized spacial score (nSPS) is 11.3. The molecule has 0 atom stereocenters. The molecule has 0 saturated heterocycles. The first-order valence-corrected chi connectivity index (χ1v) is 14.7. The molecule has 3 aromatic carbocycles. The third-order valence-corrected chi connectivity index (χ3v) is 7.41. The molecule has 0 saturated carbocycles. The van der Waals surface area contributed by atoms with Crippen LogP contribution in [0.15, 0.2) is 109 Å². The molecule has 0 amide bonds. The van der Waals surface area contributed by atoms with Crippen LogP contribution in [0.1, 0.15) is 23.6 Å². The fourth-order valence-corrected chi connectivity index (χ4v) is 5.16. The van der Waals surface area contributed by atoms with Crippen molar-refractivity contribution in [3.63, 3.8) is 0 Å². The molecule has 216 valence electrons. The van der Waals surface area contributed by atoms with E-state index in [1.165, 1.54) is 5.56 Å². The first-order valence-electron chi connectivity index (χ1n) is 14.7. The van der Waals surface area contributed by atoms with E-state index in [1.54, 1.807) is 6.20 Å². The van der Waals surface area contributed by atoms with Crippen LogP contribution < -0.4 is 10.1 Å². The van der Waals surface area contributed by atoms with Crippen molar-refractivity contribution in [2.45, 2.75) is 26.4 Å². The summed E-state index contributed by atoms with van der Waals surface area (Å²) in [5.41, 5.74) is 8.96. The van der Waals surface area contributed by atoms with Crippen molar-refractivity contribution in [1.82, 2.24) is 24.3 Å². The number of fused-ring (bicyclic) bond motifs is 1. The minimum atomic E-state index is 0.530. The monoisotopic (exact) mass is 568 g/mol. The van der Waals surface area contributed by atoms with E-state index < -0.39 is 0 Å². The second-order valence-electron chi connectivity index (χ2n) is 10.8. The van der Waals surface area contributed by atoms with E-state index in [1.807, 2.05) is 54.7 Å². The number of nitrogens with zero attached hydrogens (tertiary/aromatic N) is 5. The molecule has 3 heterocycles. The summed E-state index contributed by atoms with van der Waals surface area (Å²) in [6.07, 6.45) is 5.65. The van der Waals surface area contributed by atoms with Crippen LogP contribution in [0.25, 0.3) is 28.3 Å². The van der Waals surface area contributed by atoms with E-state index in [9.17, 15) is 0 Å². The molecular weight excluding hydrogens is 532 g/mol. The van der Waals surface area contributed by atoms with E-state index >= 15 is 0 Å². The van der Waals surface area contributed by atoms with Gasteiger partial charge in [-0.05, 0) is 92.2 Å². The fraction of sp³-hybridized carbons (Fsp3) is 0.194. The number of hydrogen-bond acceptors (Lipinski definition) is 6. The first kappa shape index (κ1) is 28.1. The summed E-state index contributed by atoms with van der Waals surface area (Å²) in [5.74, 6) is 1.43. The van der Waals surface area contributed by atoms with E-state index in [2.05, 4.69) is 89.2 Å². The Morgan fingerprint density at radius 1 is 0.837 bits per heavy atom. The van der Waals surface area contributed by atoms with Crippen molar-refractivity contribution in [3.05, 3.63) is 126 Å². The lowest BCUT2D eigenvalue weighted by Gasteiger charge is -2.13. The smallest absolute Gasteiger partial charge is 0.227 e. The lowest BCUT2D eigenvalue weighted by Crippen LogP contribution is -2.15. The number of aromatic nitrogens is 4. The summed E-state index contributed by atoms with van der Waals surface area (Å²) >= 11 is 0. The van der Waals surface area contributed by atoms with Crippen LogP contribution in [0.2, 0.25) is 0 Å². The van der Waals surface area contributed by atoms with Gasteiger partial charge in [0.25, 0.3) is 0 Å². The van der Waals surface area contributed by atoms with Crippen molar-refractivity contribution in [1.29, 1.82) is 0 Å². The predicted octanol–water partition coefficient (Wildman–Crippen LogP) is 7.45. The Kier molecular flexibility index (Phi) is 8.42. The maximum Gasteiger partial charge on any atom is 0.227 e. The lowest BCUT2D eigenvalue weighted by atomic mass is 10.0. The number of rotatable bonds is 11. The summed E-state index contributed by atoms with van der Waals surface area (Å²) in [5, 5.41) is 3.41. The zero-order chi connectivity index (χ0) is 29.6. The minimum Gasteiger partial charge on any atom is -0.489 e. The number of aryl methyl sites for hydroxylation is 1. The standard InChI is InChI=1S/C36H36N6O/c1-4-28-24-29(16-17-32(28)43-25-27-11-6-5-7-12-27)34-35(42-21-9-8-15-33(42)40-34)31-18-20-37-36(39-31)38-30-14-10-13-26(23-30)19-22-41(2)3/h5-18,20-21,23-24H,4,19,22,25H2,1-3H3,(H,37,38,39). The lowest BCUT2D eigenvalue weighted by molar-refractivity contribution is 0.303. The average molecular weight is 569 g/mol. The van der Waals surface area contributed by atoms with Gasteiger partial charge in [-0.1, -0.05) is 55.5 Å². The van der Waals surface area contributed by atoms with Crippen LogP contribution in [0.4, 0.5) is 11.6 Å². The van der Waals surface area contributed by atoms with Gasteiger partial charge in [0, 0.05) is 30.2 Å². The Bertz CT molecular complexity index is 1830.